The first-order chi connectivity index (χ1) is 5.79. The molecule has 0 bridgehead atoms. The van der Waals surface area contributed by atoms with E-state index in [0.29, 0.717) is 5.56 Å². The van der Waals surface area contributed by atoms with Crippen molar-refractivity contribution in [2.45, 2.75) is 5.38 Å². The van der Waals surface area contributed by atoms with Gasteiger partial charge in [0.15, 0.2) is 0 Å². The first kappa shape index (κ1) is 7.50. The second kappa shape index (κ2) is 2.72. The summed E-state index contributed by atoms with van der Waals surface area (Å²) in [6.07, 6.45) is 1.46. The molecule has 2 rings (SSSR count). The van der Waals surface area contributed by atoms with Gasteiger partial charge in [0.2, 0.25) is 6.21 Å². The number of aliphatic imine (C=N–C) groups is 1. The molecular weight excluding hydrogens is 174 g/mol. The number of rotatable bonds is 0. The highest BCUT2D eigenvalue weighted by atomic mass is 35.5. The molecule has 0 aromatic heterocycles. The van der Waals surface area contributed by atoms with Crippen molar-refractivity contribution in [2.24, 2.45) is 0 Å². The van der Waals surface area contributed by atoms with Gasteiger partial charge in [0.1, 0.15) is 15.9 Å². The average molecular weight is 180 g/mol. The lowest BCUT2D eigenvalue weighted by atomic mass is 10.0. The Balaban J connectivity index is 2.61. The van der Waals surface area contributed by atoms with Crippen LogP contribution in [0.15, 0.2) is 24.3 Å². The minimum Gasteiger partial charge on any atom is -0.207 e. The fourth-order valence-electron chi connectivity index (χ4n) is 1.22. The van der Waals surface area contributed by atoms with E-state index in [2.05, 4.69) is 4.99 Å². The van der Waals surface area contributed by atoms with Gasteiger partial charge in [-0.3, -0.25) is 0 Å². The van der Waals surface area contributed by atoms with E-state index in [1.165, 1.54) is 6.21 Å². The number of halogens is 1. The maximum atomic E-state index is 11.2. The van der Waals surface area contributed by atoms with Crippen molar-refractivity contribution >= 4 is 23.7 Å². The molecule has 1 heterocycles. The van der Waals surface area contributed by atoms with Gasteiger partial charge >= 0.3 is 5.91 Å². The van der Waals surface area contributed by atoms with E-state index >= 15 is 0 Å². The van der Waals surface area contributed by atoms with E-state index in [-0.39, 0.29) is 11.3 Å². The van der Waals surface area contributed by atoms with Gasteiger partial charge in [0.05, 0.1) is 0 Å². The molecule has 1 unspecified atom stereocenters. The van der Waals surface area contributed by atoms with Crippen molar-refractivity contribution in [3.05, 3.63) is 35.4 Å². The minimum absolute atomic E-state index is 0.206. The summed E-state index contributed by atoms with van der Waals surface area (Å²) in [6.45, 7) is 0. The number of carbonyl (C=O) groups is 1. The Labute approximate surface area is 74.9 Å². The summed E-state index contributed by atoms with van der Waals surface area (Å²) in [5.41, 5.74) is 1.46. The Morgan fingerprint density at radius 2 is 2.08 bits per heavy atom. The second-order valence-corrected chi connectivity index (χ2v) is 3.04. The Morgan fingerprint density at radius 3 is 2.83 bits per heavy atom. The van der Waals surface area contributed by atoms with Crippen molar-refractivity contribution < 1.29 is 4.79 Å². The molecule has 0 saturated carbocycles. The molecule has 1 aromatic carbocycles. The molecular formula is C9H6ClNO+. The van der Waals surface area contributed by atoms with E-state index in [1.807, 2.05) is 12.1 Å². The number of amides is 1. The Bertz CT molecular complexity index is 359. The fourth-order valence-corrected chi connectivity index (χ4v) is 1.46. The molecule has 12 heavy (non-hydrogen) atoms. The molecule has 2 nitrogen and oxygen atoms in total. The number of hydrogen-bond acceptors (Lipinski definition) is 1. The lowest BCUT2D eigenvalue weighted by Crippen LogP contribution is -2.18. The van der Waals surface area contributed by atoms with E-state index in [9.17, 15) is 4.79 Å². The Kier molecular flexibility index (Phi) is 1.70. The van der Waals surface area contributed by atoms with Crippen LogP contribution >= 0.6 is 11.6 Å². The molecule has 0 fully saturated rings. The van der Waals surface area contributed by atoms with E-state index < -0.39 is 0 Å². The number of alkyl halides is 1. The van der Waals surface area contributed by atoms with Crippen LogP contribution < -0.4 is 4.99 Å². The summed E-state index contributed by atoms with van der Waals surface area (Å²) < 4.78 is 0. The van der Waals surface area contributed by atoms with Crippen molar-refractivity contribution in [3.63, 3.8) is 0 Å². The molecule has 3 heteroatoms. The Morgan fingerprint density at radius 1 is 1.33 bits per heavy atom. The van der Waals surface area contributed by atoms with Crippen LogP contribution in [0.2, 0.25) is 0 Å². The molecule has 1 aliphatic heterocycles. The summed E-state index contributed by atoms with van der Waals surface area (Å²) in [6, 6.07) is 7.25. The Hall–Kier alpha value is -1.15. The van der Waals surface area contributed by atoms with Crippen molar-refractivity contribution in [1.82, 2.24) is 4.99 Å². The molecule has 1 aliphatic rings. The predicted molar refractivity (Wildman–Crippen MR) is 47.6 cm³/mol. The van der Waals surface area contributed by atoms with Gasteiger partial charge in [-0.2, -0.15) is 0 Å². The van der Waals surface area contributed by atoms with Crippen molar-refractivity contribution in [2.75, 3.05) is 0 Å². The zero-order chi connectivity index (χ0) is 8.55. The standard InChI is InChI=1S/C9H6ClNO/c10-8-5-11-9(12)7-4-2-1-3-6(7)8/h1-5,8H/q+1. The molecule has 1 atom stereocenters. The third-order valence-corrected chi connectivity index (χ3v) is 2.16. The van der Waals surface area contributed by atoms with Gasteiger partial charge in [0.25, 0.3) is 0 Å². The number of fused-ring (bicyclic) bond motifs is 1. The van der Waals surface area contributed by atoms with Crippen molar-refractivity contribution in [1.29, 1.82) is 0 Å². The molecule has 0 aliphatic carbocycles. The van der Waals surface area contributed by atoms with E-state index in [0.717, 1.165) is 5.56 Å². The first-order valence-electron chi connectivity index (χ1n) is 3.60. The summed E-state index contributed by atoms with van der Waals surface area (Å²) in [7, 11) is 0. The highest BCUT2D eigenvalue weighted by Crippen LogP contribution is 2.24. The minimum atomic E-state index is -0.265. The lowest BCUT2D eigenvalue weighted by molar-refractivity contribution is 0.0980. The topological polar surface area (TPSA) is 31.2 Å². The van der Waals surface area contributed by atoms with Gasteiger partial charge in [-0.1, -0.05) is 18.2 Å². The summed E-state index contributed by atoms with van der Waals surface area (Å²) in [5, 5.41) is -0.265. The maximum Gasteiger partial charge on any atom is 0.483 e. The first-order valence-corrected chi connectivity index (χ1v) is 4.04. The normalized spacial score (nSPS) is 20.8. The van der Waals surface area contributed by atoms with Crippen LogP contribution in [0.4, 0.5) is 0 Å². The molecule has 0 N–H and O–H groups in total. The molecule has 1 amide bonds. The SMILES string of the molecule is O=C1[N+]=CC(Cl)c2ccccc21. The average Bonchev–Trinajstić information content (AvgIpc) is 2.12. The highest BCUT2D eigenvalue weighted by molar-refractivity contribution is 6.30. The smallest absolute Gasteiger partial charge is 0.207 e. The van der Waals surface area contributed by atoms with Gasteiger partial charge in [-0.05, 0) is 11.6 Å². The lowest BCUT2D eigenvalue weighted by Gasteiger charge is -2.05. The molecule has 1 aromatic rings. The number of benzene rings is 1. The quantitative estimate of drug-likeness (QED) is 0.556. The zero-order valence-corrected chi connectivity index (χ0v) is 6.95. The van der Waals surface area contributed by atoms with Crippen LogP contribution in [0.25, 0.3) is 0 Å². The molecule has 0 spiro atoms. The van der Waals surface area contributed by atoms with Gasteiger partial charge in [-0.15, -0.1) is 11.6 Å². The predicted octanol–water partition coefficient (Wildman–Crippen LogP) is 1.53. The van der Waals surface area contributed by atoms with Crippen LogP contribution in [-0.4, -0.2) is 12.1 Å². The van der Waals surface area contributed by atoms with E-state index in [4.69, 9.17) is 11.6 Å². The fraction of sp³-hybridized carbons (Fsp3) is 0.111. The van der Waals surface area contributed by atoms with Gasteiger partial charge < -0.3 is 0 Å². The highest BCUT2D eigenvalue weighted by Gasteiger charge is 2.29. The third-order valence-electron chi connectivity index (χ3n) is 1.81. The number of nitrogens with zero attached hydrogens (tertiary/aromatic N) is 1. The van der Waals surface area contributed by atoms with Crippen LogP contribution in [0.5, 0.6) is 0 Å². The van der Waals surface area contributed by atoms with E-state index in [1.54, 1.807) is 12.1 Å². The largest absolute Gasteiger partial charge is 0.483 e. The molecule has 59 valence electrons. The molecule has 1 radical (unpaired) electrons. The van der Waals surface area contributed by atoms with Crippen LogP contribution in [0, 0.1) is 0 Å². The van der Waals surface area contributed by atoms with Crippen LogP contribution in [0.3, 0.4) is 0 Å². The summed E-state index contributed by atoms with van der Waals surface area (Å²) in [4.78, 5) is 14.8. The monoisotopic (exact) mass is 179 g/mol. The maximum absolute atomic E-state index is 11.2. The summed E-state index contributed by atoms with van der Waals surface area (Å²) >= 11 is 5.91. The van der Waals surface area contributed by atoms with Gasteiger partial charge in [-0.25, -0.2) is 4.79 Å². The number of carbonyl (C=O) groups excluding carboxylic acids is 1. The van der Waals surface area contributed by atoms with Crippen LogP contribution in [-0.2, 0) is 0 Å². The van der Waals surface area contributed by atoms with Crippen molar-refractivity contribution in [3.8, 4) is 0 Å². The van der Waals surface area contributed by atoms with Crippen LogP contribution in [0.1, 0.15) is 21.3 Å². The molecule has 0 saturated heterocycles. The third kappa shape index (κ3) is 1.04. The second-order valence-electron chi connectivity index (χ2n) is 2.57. The summed E-state index contributed by atoms with van der Waals surface area (Å²) in [5.74, 6) is -0.206. The zero-order valence-electron chi connectivity index (χ0n) is 6.20. The number of hydrogen-bond donors (Lipinski definition) is 0. The van der Waals surface area contributed by atoms with Gasteiger partial charge in [0, 0.05) is 0 Å².